The molecule has 1 amide bonds. The molecule has 0 spiro atoms. The largest absolute Gasteiger partial charge is 0.408 e. The summed E-state index contributed by atoms with van der Waals surface area (Å²) in [4.78, 5) is 12.4. The van der Waals surface area contributed by atoms with Crippen molar-refractivity contribution in [2.45, 2.75) is 57.6 Å². The van der Waals surface area contributed by atoms with Crippen LogP contribution < -0.4 is 10.6 Å². The van der Waals surface area contributed by atoms with Crippen molar-refractivity contribution in [1.82, 2.24) is 20.7 Å². The molecule has 1 aliphatic rings. The number of nitrogens with one attached hydrogen (secondary N) is 2. The van der Waals surface area contributed by atoms with Gasteiger partial charge in [-0.3, -0.25) is 4.79 Å². The summed E-state index contributed by atoms with van der Waals surface area (Å²) in [6.07, 6.45) is 2.29. The Balaban J connectivity index is 1.51. The third-order valence-electron chi connectivity index (χ3n) is 4.21. The molecule has 0 unspecified atom stereocenters. The van der Waals surface area contributed by atoms with E-state index in [0.717, 1.165) is 0 Å². The second-order valence-electron chi connectivity index (χ2n) is 7.61. The van der Waals surface area contributed by atoms with E-state index in [4.69, 9.17) is 8.94 Å². The van der Waals surface area contributed by atoms with E-state index in [1.165, 1.54) is 6.26 Å². The van der Waals surface area contributed by atoms with Gasteiger partial charge < -0.3 is 24.7 Å². The highest BCUT2D eigenvalue weighted by atomic mass is 16.5. The standard InChI is InChI=1S/C16H23N5O4/c1-9-19-20-14(25-9)18-10-5-16(23,6-10)8-17-13(22)11-7-24-21-12(11)15(2,3)4/h7,10,23H,5-6,8H2,1-4H3,(H,17,22)(H,18,20). The highest BCUT2D eigenvalue weighted by Crippen LogP contribution is 2.34. The van der Waals surface area contributed by atoms with Crippen molar-refractivity contribution >= 4 is 11.9 Å². The van der Waals surface area contributed by atoms with Crippen molar-refractivity contribution in [3.05, 3.63) is 23.4 Å². The van der Waals surface area contributed by atoms with Crippen LogP contribution in [0.3, 0.4) is 0 Å². The van der Waals surface area contributed by atoms with E-state index in [9.17, 15) is 9.90 Å². The van der Waals surface area contributed by atoms with Gasteiger partial charge in [-0.15, -0.1) is 5.10 Å². The Morgan fingerprint density at radius 1 is 1.40 bits per heavy atom. The Bertz CT molecular complexity index is 755. The molecule has 9 heteroatoms. The SMILES string of the molecule is Cc1nnc(NC2CC(O)(CNC(=O)c3conc3C(C)(C)C)C2)o1. The summed E-state index contributed by atoms with van der Waals surface area (Å²) in [5, 5.41) is 27.8. The van der Waals surface area contributed by atoms with Gasteiger partial charge in [0.2, 0.25) is 5.89 Å². The van der Waals surface area contributed by atoms with E-state index in [1.54, 1.807) is 6.92 Å². The number of aryl methyl sites for hydroxylation is 1. The van der Waals surface area contributed by atoms with Gasteiger partial charge in [-0.05, 0) is 12.8 Å². The fraction of sp³-hybridized carbons (Fsp3) is 0.625. The predicted octanol–water partition coefficient (Wildman–Crippen LogP) is 1.40. The first kappa shape index (κ1) is 17.4. The molecule has 3 N–H and O–H groups in total. The Kier molecular flexibility index (Phi) is 4.28. The second-order valence-corrected chi connectivity index (χ2v) is 7.61. The first-order valence-corrected chi connectivity index (χ1v) is 8.18. The Hall–Kier alpha value is -2.42. The summed E-state index contributed by atoms with van der Waals surface area (Å²) >= 11 is 0. The highest BCUT2D eigenvalue weighted by molar-refractivity contribution is 5.95. The topological polar surface area (TPSA) is 126 Å². The number of hydrogen-bond donors (Lipinski definition) is 3. The molecule has 2 heterocycles. The maximum atomic E-state index is 12.4. The summed E-state index contributed by atoms with van der Waals surface area (Å²) in [5.74, 6) is 0.177. The summed E-state index contributed by atoms with van der Waals surface area (Å²) in [6, 6.07) is 0.371. The minimum absolute atomic E-state index is 0.0301. The monoisotopic (exact) mass is 349 g/mol. The molecule has 1 saturated carbocycles. The van der Waals surface area contributed by atoms with Crippen molar-refractivity contribution in [2.75, 3.05) is 11.9 Å². The lowest BCUT2D eigenvalue weighted by Gasteiger charge is -2.43. The van der Waals surface area contributed by atoms with Gasteiger partial charge in [0.05, 0.1) is 5.60 Å². The molecule has 25 heavy (non-hydrogen) atoms. The van der Waals surface area contributed by atoms with Crippen molar-refractivity contribution in [3.8, 4) is 0 Å². The fourth-order valence-corrected chi connectivity index (χ4v) is 2.91. The fourth-order valence-electron chi connectivity index (χ4n) is 2.91. The number of nitrogens with zero attached hydrogens (tertiary/aromatic N) is 3. The molecule has 0 bridgehead atoms. The van der Waals surface area contributed by atoms with Crippen LogP contribution in [0.4, 0.5) is 6.01 Å². The Labute approximate surface area is 145 Å². The molecular weight excluding hydrogens is 326 g/mol. The molecule has 0 saturated heterocycles. The molecule has 3 rings (SSSR count). The minimum atomic E-state index is -0.957. The number of hydrogen-bond acceptors (Lipinski definition) is 8. The molecule has 136 valence electrons. The van der Waals surface area contributed by atoms with E-state index in [-0.39, 0.29) is 23.9 Å². The van der Waals surface area contributed by atoms with Crippen molar-refractivity contribution in [1.29, 1.82) is 0 Å². The lowest BCUT2D eigenvalue weighted by Crippen LogP contribution is -2.56. The number of aromatic nitrogens is 3. The van der Waals surface area contributed by atoms with Crippen LogP contribution in [0.25, 0.3) is 0 Å². The van der Waals surface area contributed by atoms with Crippen LogP contribution >= 0.6 is 0 Å². The zero-order chi connectivity index (χ0) is 18.2. The number of rotatable bonds is 5. The normalized spacial score (nSPS) is 23.2. The van der Waals surface area contributed by atoms with E-state index < -0.39 is 5.60 Å². The Morgan fingerprint density at radius 2 is 2.12 bits per heavy atom. The summed E-state index contributed by atoms with van der Waals surface area (Å²) in [7, 11) is 0. The number of carbonyl (C=O) groups is 1. The zero-order valence-electron chi connectivity index (χ0n) is 14.8. The summed E-state index contributed by atoms with van der Waals surface area (Å²) in [6.45, 7) is 7.73. The van der Waals surface area contributed by atoms with Crippen LogP contribution in [0.15, 0.2) is 15.2 Å². The van der Waals surface area contributed by atoms with Crippen molar-refractivity contribution in [2.24, 2.45) is 0 Å². The third-order valence-corrected chi connectivity index (χ3v) is 4.21. The van der Waals surface area contributed by atoms with Crippen LogP contribution in [0.2, 0.25) is 0 Å². The van der Waals surface area contributed by atoms with Gasteiger partial charge in [0.25, 0.3) is 5.91 Å². The van der Waals surface area contributed by atoms with Crippen molar-refractivity contribution in [3.63, 3.8) is 0 Å². The minimum Gasteiger partial charge on any atom is -0.408 e. The number of aliphatic hydroxyl groups is 1. The molecule has 0 aliphatic heterocycles. The molecule has 0 atom stereocenters. The first-order chi connectivity index (χ1) is 11.7. The number of carbonyl (C=O) groups excluding carboxylic acids is 1. The lowest BCUT2D eigenvalue weighted by atomic mass is 9.75. The maximum absolute atomic E-state index is 12.4. The molecule has 1 fully saturated rings. The van der Waals surface area contributed by atoms with E-state index >= 15 is 0 Å². The quantitative estimate of drug-likeness (QED) is 0.739. The average molecular weight is 349 g/mol. The summed E-state index contributed by atoms with van der Waals surface area (Å²) in [5.41, 5.74) is -0.269. The second kappa shape index (κ2) is 6.14. The van der Waals surface area contributed by atoms with E-state index in [2.05, 4.69) is 26.0 Å². The van der Waals surface area contributed by atoms with E-state index in [1.807, 2.05) is 20.8 Å². The first-order valence-electron chi connectivity index (χ1n) is 8.18. The molecule has 2 aromatic heterocycles. The van der Waals surface area contributed by atoms with Crippen LogP contribution in [-0.2, 0) is 5.41 Å². The lowest BCUT2D eigenvalue weighted by molar-refractivity contribution is -0.0385. The van der Waals surface area contributed by atoms with Crippen LogP contribution in [0.5, 0.6) is 0 Å². The zero-order valence-corrected chi connectivity index (χ0v) is 14.8. The van der Waals surface area contributed by atoms with Gasteiger partial charge in [0, 0.05) is 24.9 Å². The third kappa shape index (κ3) is 3.81. The van der Waals surface area contributed by atoms with Gasteiger partial charge in [-0.25, -0.2) is 0 Å². The van der Waals surface area contributed by atoms with E-state index in [0.29, 0.717) is 36.0 Å². The maximum Gasteiger partial charge on any atom is 0.315 e. The molecule has 0 aromatic carbocycles. The van der Waals surface area contributed by atoms with Gasteiger partial charge in [-0.1, -0.05) is 31.0 Å². The molecule has 1 aliphatic carbocycles. The molecule has 2 aromatic rings. The van der Waals surface area contributed by atoms with Gasteiger partial charge in [0.15, 0.2) is 0 Å². The Morgan fingerprint density at radius 3 is 2.72 bits per heavy atom. The molecular formula is C16H23N5O4. The molecule has 9 nitrogen and oxygen atoms in total. The average Bonchev–Trinajstić information content (AvgIpc) is 3.11. The van der Waals surface area contributed by atoms with Crippen LogP contribution in [0, 0.1) is 6.92 Å². The highest BCUT2D eigenvalue weighted by Gasteiger charge is 2.43. The van der Waals surface area contributed by atoms with Gasteiger partial charge in [0.1, 0.15) is 17.5 Å². The summed E-state index contributed by atoms with van der Waals surface area (Å²) < 4.78 is 10.2. The number of anilines is 1. The predicted molar refractivity (Wildman–Crippen MR) is 88.2 cm³/mol. The van der Waals surface area contributed by atoms with Crippen LogP contribution in [-0.4, -0.2) is 44.6 Å². The van der Waals surface area contributed by atoms with Crippen LogP contribution in [0.1, 0.15) is 55.6 Å². The smallest absolute Gasteiger partial charge is 0.315 e. The van der Waals surface area contributed by atoms with Gasteiger partial charge >= 0.3 is 6.01 Å². The number of amides is 1. The van der Waals surface area contributed by atoms with Gasteiger partial charge in [-0.2, -0.15) is 0 Å². The van der Waals surface area contributed by atoms with Crippen molar-refractivity contribution < 1.29 is 18.8 Å². The molecule has 0 radical (unpaired) electrons.